The minimum absolute atomic E-state index is 0.0314. The molecule has 0 aliphatic carbocycles. The normalized spacial score (nSPS) is 18.5. The van der Waals surface area contributed by atoms with Crippen LogP contribution in [-0.2, 0) is 19.6 Å². The largest absolute Gasteiger partial charge is 0.465 e. The first kappa shape index (κ1) is 21.1. The Morgan fingerprint density at radius 3 is 2.42 bits per heavy atom. The summed E-state index contributed by atoms with van der Waals surface area (Å²) in [7, 11) is -2.76. The van der Waals surface area contributed by atoms with E-state index in [-0.39, 0.29) is 48.0 Å². The first-order valence-corrected chi connectivity index (χ1v) is 11.1. The van der Waals surface area contributed by atoms with E-state index < -0.39 is 27.5 Å². The van der Waals surface area contributed by atoms with Crippen LogP contribution in [0.1, 0.15) is 28.8 Å². The fourth-order valence-corrected chi connectivity index (χ4v) is 5.43. The number of carbonyl (C=O) groups is 2. The summed E-state index contributed by atoms with van der Waals surface area (Å²) in [6.07, 6.45) is 0.534. The first-order valence-electron chi connectivity index (χ1n) is 9.62. The number of nitrogens with one attached hydrogen (secondary N) is 1. The van der Waals surface area contributed by atoms with Crippen LogP contribution in [0.3, 0.4) is 0 Å². The Labute approximate surface area is 178 Å². The predicted molar refractivity (Wildman–Crippen MR) is 110 cm³/mol. The zero-order valence-corrected chi connectivity index (χ0v) is 17.5. The molecule has 0 atom stereocenters. The third kappa shape index (κ3) is 3.84. The summed E-state index contributed by atoms with van der Waals surface area (Å²) in [6.45, 7) is 0.219. The minimum Gasteiger partial charge on any atom is -0.465 e. The highest BCUT2D eigenvalue weighted by atomic mass is 32.2. The number of rotatable bonds is 4. The molecule has 1 saturated heterocycles. The van der Waals surface area contributed by atoms with E-state index in [2.05, 4.69) is 10.3 Å². The van der Waals surface area contributed by atoms with Crippen LogP contribution in [0.15, 0.2) is 58.4 Å². The maximum atomic E-state index is 13.2. The molecule has 2 aromatic carbocycles. The molecule has 31 heavy (non-hydrogen) atoms. The lowest BCUT2D eigenvalue weighted by Gasteiger charge is -2.36. The topological polar surface area (TPSA) is 105 Å². The van der Waals surface area contributed by atoms with Crippen LogP contribution in [0.5, 0.6) is 0 Å². The number of halogens is 1. The molecule has 8 nitrogen and oxygen atoms in total. The summed E-state index contributed by atoms with van der Waals surface area (Å²) in [6, 6.07) is 11.4. The Morgan fingerprint density at radius 2 is 1.77 bits per heavy atom. The summed E-state index contributed by atoms with van der Waals surface area (Å²) in [5.41, 5.74) is -0.240. The van der Waals surface area contributed by atoms with Gasteiger partial charge in [0.25, 0.3) is 5.91 Å². The number of aliphatic imine (C=N–C) groups is 1. The lowest BCUT2D eigenvalue weighted by Crippen LogP contribution is -2.52. The van der Waals surface area contributed by atoms with E-state index in [9.17, 15) is 22.4 Å². The van der Waals surface area contributed by atoms with Gasteiger partial charge >= 0.3 is 5.97 Å². The van der Waals surface area contributed by atoms with Gasteiger partial charge in [-0.2, -0.15) is 4.31 Å². The van der Waals surface area contributed by atoms with Gasteiger partial charge in [-0.1, -0.05) is 12.1 Å². The number of carbonyl (C=O) groups excluding carboxylic acids is 2. The molecule has 1 spiro atoms. The Balaban J connectivity index is 1.56. The summed E-state index contributed by atoms with van der Waals surface area (Å²) in [5, 5.41) is 2.85. The van der Waals surface area contributed by atoms with Crippen LogP contribution in [0.4, 0.5) is 4.39 Å². The molecule has 1 amide bonds. The van der Waals surface area contributed by atoms with Crippen molar-refractivity contribution >= 4 is 27.6 Å². The maximum Gasteiger partial charge on any atom is 0.339 e. The highest BCUT2D eigenvalue weighted by Gasteiger charge is 2.44. The molecule has 162 valence electrons. The number of hydrogen-bond acceptors (Lipinski definition) is 6. The molecule has 2 aliphatic rings. The molecule has 0 radical (unpaired) electrons. The average Bonchev–Trinajstić information content (AvgIpc) is 3.09. The van der Waals surface area contributed by atoms with Crippen LogP contribution >= 0.6 is 0 Å². The van der Waals surface area contributed by atoms with Crippen LogP contribution in [0.2, 0.25) is 0 Å². The second-order valence-electron chi connectivity index (χ2n) is 7.34. The number of methoxy groups -OCH3 is 1. The van der Waals surface area contributed by atoms with E-state index in [1.807, 2.05) is 0 Å². The number of hydrogen-bond donors (Lipinski definition) is 1. The van der Waals surface area contributed by atoms with Crippen molar-refractivity contribution in [2.75, 3.05) is 20.2 Å². The number of ether oxygens (including phenoxy) is 1. The molecule has 1 fully saturated rings. The Kier molecular flexibility index (Phi) is 5.36. The highest BCUT2D eigenvalue weighted by Crippen LogP contribution is 2.32. The van der Waals surface area contributed by atoms with Gasteiger partial charge in [0.1, 0.15) is 17.2 Å². The zero-order chi connectivity index (χ0) is 22.2. The van der Waals surface area contributed by atoms with Gasteiger partial charge in [0, 0.05) is 31.5 Å². The maximum absolute atomic E-state index is 13.2. The van der Waals surface area contributed by atoms with Crippen molar-refractivity contribution in [2.45, 2.75) is 23.4 Å². The number of esters is 1. The second-order valence-corrected chi connectivity index (χ2v) is 9.25. The van der Waals surface area contributed by atoms with Gasteiger partial charge in [0.2, 0.25) is 10.0 Å². The van der Waals surface area contributed by atoms with Gasteiger partial charge in [0.15, 0.2) is 0 Å². The second kappa shape index (κ2) is 7.86. The third-order valence-corrected chi connectivity index (χ3v) is 7.42. The van der Waals surface area contributed by atoms with Crippen molar-refractivity contribution in [3.8, 4) is 0 Å². The summed E-state index contributed by atoms with van der Waals surface area (Å²) in [5.74, 6) is -1.52. The van der Waals surface area contributed by atoms with Crippen molar-refractivity contribution in [3.63, 3.8) is 0 Å². The summed E-state index contributed by atoms with van der Waals surface area (Å²) in [4.78, 5) is 28.9. The predicted octanol–water partition coefficient (Wildman–Crippen LogP) is 1.71. The minimum atomic E-state index is -3.95. The van der Waals surface area contributed by atoms with Gasteiger partial charge in [-0.3, -0.25) is 9.79 Å². The van der Waals surface area contributed by atoms with E-state index in [1.165, 1.54) is 47.8 Å². The molecule has 4 rings (SSSR count). The summed E-state index contributed by atoms with van der Waals surface area (Å²) < 4.78 is 45.5. The van der Waals surface area contributed by atoms with Crippen molar-refractivity contribution in [3.05, 3.63) is 65.5 Å². The van der Waals surface area contributed by atoms with Gasteiger partial charge in [-0.05, 0) is 36.4 Å². The molecule has 0 unspecified atom stereocenters. The number of nitrogens with zero attached hydrogens (tertiary/aromatic N) is 2. The quantitative estimate of drug-likeness (QED) is 0.722. The van der Waals surface area contributed by atoms with Crippen molar-refractivity contribution < 1.29 is 27.1 Å². The molecule has 1 N–H and O–H groups in total. The van der Waals surface area contributed by atoms with Gasteiger partial charge in [-0.25, -0.2) is 17.6 Å². The van der Waals surface area contributed by atoms with E-state index in [1.54, 1.807) is 12.1 Å². The number of sulfonamides is 1. The van der Waals surface area contributed by atoms with E-state index in [0.29, 0.717) is 5.56 Å². The summed E-state index contributed by atoms with van der Waals surface area (Å²) >= 11 is 0. The van der Waals surface area contributed by atoms with Crippen LogP contribution in [-0.4, -0.2) is 56.2 Å². The van der Waals surface area contributed by atoms with Crippen LogP contribution < -0.4 is 5.32 Å². The SMILES string of the molecule is COC(=O)c1ccccc1S(=O)(=O)N1CCC2(CC1)N=C(c1ccc(F)cc1)C(=O)N2. The lowest BCUT2D eigenvalue weighted by molar-refractivity contribution is -0.115. The van der Waals surface area contributed by atoms with E-state index in [0.717, 1.165) is 0 Å². The number of benzene rings is 2. The smallest absolute Gasteiger partial charge is 0.339 e. The first-order chi connectivity index (χ1) is 14.8. The third-order valence-electron chi connectivity index (χ3n) is 5.46. The lowest BCUT2D eigenvalue weighted by atomic mass is 10.00. The molecule has 10 heteroatoms. The molecule has 2 aliphatic heterocycles. The number of amides is 1. The molecular weight excluding hydrogens is 425 g/mol. The van der Waals surface area contributed by atoms with Crippen molar-refractivity contribution in [2.24, 2.45) is 4.99 Å². The van der Waals surface area contributed by atoms with Crippen molar-refractivity contribution in [1.82, 2.24) is 9.62 Å². The van der Waals surface area contributed by atoms with Gasteiger partial charge < -0.3 is 10.1 Å². The van der Waals surface area contributed by atoms with Gasteiger partial charge in [-0.15, -0.1) is 0 Å². The molecule has 2 aromatic rings. The zero-order valence-electron chi connectivity index (χ0n) is 16.7. The van der Waals surface area contributed by atoms with Crippen molar-refractivity contribution in [1.29, 1.82) is 0 Å². The van der Waals surface area contributed by atoms with E-state index in [4.69, 9.17) is 4.74 Å². The fourth-order valence-electron chi connectivity index (χ4n) is 3.81. The van der Waals surface area contributed by atoms with Crippen LogP contribution in [0, 0.1) is 5.82 Å². The Morgan fingerprint density at radius 1 is 1.13 bits per heavy atom. The van der Waals surface area contributed by atoms with Gasteiger partial charge in [0.05, 0.1) is 17.6 Å². The highest BCUT2D eigenvalue weighted by molar-refractivity contribution is 7.89. The Bertz CT molecular complexity index is 1170. The molecule has 0 bridgehead atoms. The number of piperidine rings is 1. The standard InChI is InChI=1S/C21H20FN3O5S/c1-30-20(27)16-4-2-3-5-17(16)31(28,29)25-12-10-21(11-13-25)23-18(19(26)24-21)14-6-8-15(22)9-7-14/h2-9H,10-13H2,1H3,(H,24,26). The molecular formula is C21H20FN3O5S. The van der Waals surface area contributed by atoms with E-state index >= 15 is 0 Å². The molecule has 0 saturated carbocycles. The molecule has 2 heterocycles. The molecule has 0 aromatic heterocycles. The monoisotopic (exact) mass is 445 g/mol. The average molecular weight is 445 g/mol. The van der Waals surface area contributed by atoms with Crippen LogP contribution in [0.25, 0.3) is 0 Å². The fraction of sp³-hybridized carbons (Fsp3) is 0.286. The Hall–Kier alpha value is -3.11.